The molecule has 3 unspecified atom stereocenters. The molecule has 1 rings (SSSR count). The molecule has 3 atom stereocenters. The van der Waals surface area contributed by atoms with Crippen LogP contribution in [0.5, 0.6) is 0 Å². The molecule has 1 amide bonds. The molecule has 0 aromatic rings. The lowest BCUT2D eigenvalue weighted by Gasteiger charge is -2.29. The molecule has 1 aliphatic heterocycles. The smallest absolute Gasteiger partial charge is 0.237 e. The van der Waals surface area contributed by atoms with Crippen molar-refractivity contribution in [2.45, 2.75) is 50.8 Å². The summed E-state index contributed by atoms with van der Waals surface area (Å²) in [6, 6.07) is 0.499. The Morgan fingerprint density at radius 1 is 1.61 bits per heavy atom. The number of primary amides is 1. The second-order valence-corrected chi connectivity index (χ2v) is 5.46. The van der Waals surface area contributed by atoms with Crippen molar-refractivity contribution in [1.29, 1.82) is 0 Å². The van der Waals surface area contributed by atoms with Gasteiger partial charge in [-0.25, -0.2) is 0 Å². The van der Waals surface area contributed by atoms with E-state index in [0.717, 1.165) is 32.4 Å². The first-order valence-electron chi connectivity index (χ1n) is 6.71. The monoisotopic (exact) mass is 257 g/mol. The highest BCUT2D eigenvalue weighted by Crippen LogP contribution is 2.19. The molecule has 0 aromatic carbocycles. The predicted molar refractivity (Wildman–Crippen MR) is 72.3 cm³/mol. The minimum Gasteiger partial charge on any atom is -0.377 e. The van der Waals surface area contributed by atoms with E-state index in [-0.39, 0.29) is 5.91 Å². The van der Waals surface area contributed by atoms with E-state index in [9.17, 15) is 4.79 Å². The third-order valence-corrected chi connectivity index (χ3v) is 4.19. The van der Waals surface area contributed by atoms with Crippen molar-refractivity contribution >= 4 is 5.91 Å². The summed E-state index contributed by atoms with van der Waals surface area (Å²) in [6.07, 6.45) is 3.10. The van der Waals surface area contributed by atoms with Crippen LogP contribution in [-0.2, 0) is 9.53 Å². The van der Waals surface area contributed by atoms with Gasteiger partial charge in [0.05, 0.1) is 11.6 Å². The second-order valence-electron chi connectivity index (χ2n) is 5.46. The van der Waals surface area contributed by atoms with Crippen molar-refractivity contribution in [2.75, 3.05) is 27.2 Å². The van der Waals surface area contributed by atoms with Crippen LogP contribution < -0.4 is 11.1 Å². The number of carbonyl (C=O) groups excluding carboxylic acids is 1. The van der Waals surface area contributed by atoms with E-state index in [1.54, 1.807) is 7.05 Å². The summed E-state index contributed by atoms with van der Waals surface area (Å²) in [5, 5.41) is 3.01. The first-order valence-corrected chi connectivity index (χ1v) is 6.71. The predicted octanol–water partition coefficient (Wildman–Crippen LogP) is 0.339. The van der Waals surface area contributed by atoms with Crippen molar-refractivity contribution in [2.24, 2.45) is 5.73 Å². The van der Waals surface area contributed by atoms with Crippen molar-refractivity contribution in [3.05, 3.63) is 0 Å². The normalized spacial score (nSPS) is 27.4. The van der Waals surface area contributed by atoms with Gasteiger partial charge in [0.2, 0.25) is 5.91 Å². The summed E-state index contributed by atoms with van der Waals surface area (Å²) in [4.78, 5) is 13.7. The van der Waals surface area contributed by atoms with E-state index in [1.165, 1.54) is 0 Å². The summed E-state index contributed by atoms with van der Waals surface area (Å²) in [6.45, 7) is 5.79. The van der Waals surface area contributed by atoms with Crippen molar-refractivity contribution in [1.82, 2.24) is 10.2 Å². The Balaban J connectivity index is 2.34. The molecule has 0 saturated carbocycles. The Hall–Kier alpha value is -0.650. The zero-order chi connectivity index (χ0) is 13.8. The van der Waals surface area contributed by atoms with Crippen LogP contribution >= 0.6 is 0 Å². The highest BCUT2D eigenvalue weighted by molar-refractivity contribution is 5.84. The SMILES string of the molecule is CNC(C)(CCCN(C)C1CCOC1C)C(N)=O. The quantitative estimate of drug-likeness (QED) is 0.690. The molecule has 1 aliphatic rings. The van der Waals surface area contributed by atoms with Gasteiger partial charge in [-0.1, -0.05) is 0 Å². The molecule has 1 saturated heterocycles. The van der Waals surface area contributed by atoms with Gasteiger partial charge in [0.25, 0.3) is 0 Å². The van der Waals surface area contributed by atoms with E-state index in [2.05, 4.69) is 24.2 Å². The van der Waals surface area contributed by atoms with E-state index in [4.69, 9.17) is 10.5 Å². The minimum atomic E-state index is -0.599. The molecule has 0 aromatic heterocycles. The fraction of sp³-hybridized carbons (Fsp3) is 0.923. The van der Waals surface area contributed by atoms with Gasteiger partial charge in [0, 0.05) is 12.6 Å². The molecule has 0 spiro atoms. The first kappa shape index (κ1) is 15.4. The molecular weight excluding hydrogens is 230 g/mol. The van der Waals surface area contributed by atoms with Gasteiger partial charge in [-0.2, -0.15) is 0 Å². The van der Waals surface area contributed by atoms with Gasteiger partial charge >= 0.3 is 0 Å². The Morgan fingerprint density at radius 2 is 2.28 bits per heavy atom. The molecular formula is C13H27N3O2. The average molecular weight is 257 g/mol. The highest BCUT2D eigenvalue weighted by atomic mass is 16.5. The maximum atomic E-state index is 11.4. The van der Waals surface area contributed by atoms with Crippen molar-refractivity contribution < 1.29 is 9.53 Å². The number of carbonyl (C=O) groups is 1. The summed E-state index contributed by atoms with van der Waals surface area (Å²) < 4.78 is 5.57. The standard InChI is InChI=1S/C13H27N3O2/c1-10-11(6-9-18-10)16(4)8-5-7-13(2,15-3)12(14)17/h10-11,15H,5-9H2,1-4H3,(H2,14,17). The van der Waals surface area contributed by atoms with Crippen LogP contribution in [0.4, 0.5) is 0 Å². The van der Waals surface area contributed by atoms with Crippen LogP contribution in [0, 0.1) is 0 Å². The highest BCUT2D eigenvalue weighted by Gasteiger charge is 2.30. The molecule has 106 valence electrons. The molecule has 5 nitrogen and oxygen atoms in total. The molecule has 0 radical (unpaired) electrons. The molecule has 1 fully saturated rings. The van der Waals surface area contributed by atoms with Crippen LogP contribution in [0.2, 0.25) is 0 Å². The second kappa shape index (κ2) is 6.50. The average Bonchev–Trinajstić information content (AvgIpc) is 2.74. The Bertz CT molecular complexity index is 285. The number of rotatable bonds is 7. The third-order valence-electron chi connectivity index (χ3n) is 4.19. The van der Waals surface area contributed by atoms with Gasteiger partial charge < -0.3 is 20.7 Å². The zero-order valence-corrected chi connectivity index (χ0v) is 12.0. The van der Waals surface area contributed by atoms with Gasteiger partial charge in [-0.05, 0) is 53.8 Å². The Kier molecular flexibility index (Phi) is 5.56. The fourth-order valence-corrected chi connectivity index (χ4v) is 2.52. The molecule has 0 aliphatic carbocycles. The van der Waals surface area contributed by atoms with Crippen LogP contribution in [-0.4, -0.2) is 55.7 Å². The van der Waals surface area contributed by atoms with Crippen LogP contribution in [0.3, 0.4) is 0 Å². The van der Waals surface area contributed by atoms with Gasteiger partial charge in [-0.3, -0.25) is 4.79 Å². The van der Waals surface area contributed by atoms with Gasteiger partial charge in [0.15, 0.2) is 0 Å². The summed E-state index contributed by atoms with van der Waals surface area (Å²) in [7, 11) is 3.90. The number of ether oxygens (including phenoxy) is 1. The summed E-state index contributed by atoms with van der Waals surface area (Å²) in [5.41, 5.74) is 4.81. The lowest BCUT2D eigenvalue weighted by molar-refractivity contribution is -0.123. The van der Waals surface area contributed by atoms with E-state index in [0.29, 0.717) is 12.1 Å². The third kappa shape index (κ3) is 3.67. The van der Waals surface area contributed by atoms with E-state index < -0.39 is 5.54 Å². The van der Waals surface area contributed by atoms with Crippen LogP contribution in [0.1, 0.15) is 33.1 Å². The number of amides is 1. The molecule has 5 heteroatoms. The first-order chi connectivity index (χ1) is 8.40. The maximum Gasteiger partial charge on any atom is 0.237 e. The summed E-state index contributed by atoms with van der Waals surface area (Å²) >= 11 is 0. The Labute approximate surface area is 110 Å². The van der Waals surface area contributed by atoms with E-state index in [1.807, 2.05) is 6.92 Å². The van der Waals surface area contributed by atoms with Crippen LogP contribution in [0.25, 0.3) is 0 Å². The van der Waals surface area contributed by atoms with Gasteiger partial charge in [-0.15, -0.1) is 0 Å². The zero-order valence-electron chi connectivity index (χ0n) is 12.0. The largest absolute Gasteiger partial charge is 0.377 e. The summed E-state index contributed by atoms with van der Waals surface area (Å²) in [5.74, 6) is -0.287. The topological polar surface area (TPSA) is 67.6 Å². The number of nitrogens with two attached hydrogens (primary N) is 1. The van der Waals surface area contributed by atoms with E-state index >= 15 is 0 Å². The maximum absolute atomic E-state index is 11.4. The molecule has 3 N–H and O–H groups in total. The molecule has 1 heterocycles. The lowest BCUT2D eigenvalue weighted by Crippen LogP contribution is -2.51. The lowest BCUT2D eigenvalue weighted by atomic mass is 9.95. The number of nitrogens with zero attached hydrogens (tertiary/aromatic N) is 1. The number of hydrogen-bond acceptors (Lipinski definition) is 4. The van der Waals surface area contributed by atoms with Gasteiger partial charge in [0.1, 0.15) is 0 Å². The number of nitrogens with one attached hydrogen (secondary N) is 1. The fourth-order valence-electron chi connectivity index (χ4n) is 2.52. The molecule has 0 bridgehead atoms. The van der Waals surface area contributed by atoms with Crippen molar-refractivity contribution in [3.63, 3.8) is 0 Å². The molecule has 18 heavy (non-hydrogen) atoms. The Morgan fingerprint density at radius 3 is 2.72 bits per heavy atom. The van der Waals surface area contributed by atoms with Crippen molar-refractivity contribution in [3.8, 4) is 0 Å². The minimum absolute atomic E-state index is 0.287. The number of hydrogen-bond donors (Lipinski definition) is 2. The van der Waals surface area contributed by atoms with Crippen LogP contribution in [0.15, 0.2) is 0 Å². The number of likely N-dealkylation sites (N-methyl/N-ethyl adjacent to an activating group) is 2.